The van der Waals surface area contributed by atoms with E-state index in [4.69, 9.17) is 21.1 Å². The molecule has 6 rings (SSSR count). The number of fused-ring (bicyclic) bond motifs is 2. The molecule has 0 atom stereocenters. The zero-order chi connectivity index (χ0) is 22.4. The van der Waals surface area contributed by atoms with Crippen LogP contribution in [0.15, 0.2) is 54.9 Å². The van der Waals surface area contributed by atoms with Crippen LogP contribution in [0.1, 0.15) is 10.4 Å². The molecule has 2 aliphatic rings. The molecule has 0 saturated carbocycles. The van der Waals surface area contributed by atoms with Gasteiger partial charge in [0.2, 0.25) is 6.79 Å². The van der Waals surface area contributed by atoms with Crippen molar-refractivity contribution in [3.05, 3.63) is 65.4 Å². The molecule has 1 amide bonds. The van der Waals surface area contributed by atoms with E-state index in [0.29, 0.717) is 48.3 Å². The van der Waals surface area contributed by atoms with Crippen LogP contribution in [0.5, 0.6) is 11.5 Å². The van der Waals surface area contributed by atoms with Crippen LogP contribution in [0, 0.1) is 0 Å². The Balaban J connectivity index is 1.20. The number of hydrogen-bond donors (Lipinski definition) is 0. The lowest BCUT2D eigenvalue weighted by molar-refractivity contribution is 0.0746. The van der Waals surface area contributed by atoms with Gasteiger partial charge in [-0.05, 0) is 42.0 Å². The molecular formula is C24H19ClN4O3S. The fourth-order valence-electron chi connectivity index (χ4n) is 4.16. The van der Waals surface area contributed by atoms with E-state index in [0.717, 1.165) is 26.5 Å². The molecule has 2 aromatic carbocycles. The van der Waals surface area contributed by atoms with Crippen molar-refractivity contribution in [2.75, 3.05) is 37.9 Å². The highest BCUT2D eigenvalue weighted by Gasteiger charge is 2.26. The van der Waals surface area contributed by atoms with Gasteiger partial charge in [0, 0.05) is 41.6 Å². The number of ether oxygens (including phenoxy) is 2. The SMILES string of the molecule is O=C(c1ccc2c(c1)OCO2)N1CCN(c2ncnc3cc(-c4ccc(Cl)cc4)sc23)CC1. The third-order valence-corrected chi connectivity index (χ3v) is 7.33. The number of piperazine rings is 1. The maximum absolute atomic E-state index is 13.0. The van der Waals surface area contributed by atoms with Gasteiger partial charge in [0.15, 0.2) is 11.5 Å². The van der Waals surface area contributed by atoms with E-state index in [-0.39, 0.29) is 12.7 Å². The monoisotopic (exact) mass is 478 g/mol. The Labute approximate surface area is 199 Å². The Morgan fingerprint density at radius 1 is 0.939 bits per heavy atom. The van der Waals surface area contributed by atoms with Crippen molar-refractivity contribution in [2.45, 2.75) is 0 Å². The van der Waals surface area contributed by atoms with Crippen LogP contribution < -0.4 is 14.4 Å². The molecule has 166 valence electrons. The zero-order valence-corrected chi connectivity index (χ0v) is 19.1. The van der Waals surface area contributed by atoms with Crippen molar-refractivity contribution in [3.63, 3.8) is 0 Å². The van der Waals surface area contributed by atoms with E-state index in [1.807, 2.05) is 29.2 Å². The first kappa shape index (κ1) is 20.3. The quantitative estimate of drug-likeness (QED) is 0.425. The minimum atomic E-state index is 0.00179. The molecule has 4 aromatic rings. The van der Waals surface area contributed by atoms with Gasteiger partial charge in [0.1, 0.15) is 12.1 Å². The molecule has 33 heavy (non-hydrogen) atoms. The number of hydrogen-bond acceptors (Lipinski definition) is 7. The summed E-state index contributed by atoms with van der Waals surface area (Å²) in [7, 11) is 0. The molecule has 1 saturated heterocycles. The third-order valence-electron chi connectivity index (χ3n) is 5.91. The van der Waals surface area contributed by atoms with Crippen molar-refractivity contribution >= 4 is 44.9 Å². The molecule has 9 heteroatoms. The van der Waals surface area contributed by atoms with Crippen molar-refractivity contribution < 1.29 is 14.3 Å². The maximum atomic E-state index is 13.0. The second-order valence-electron chi connectivity index (χ2n) is 7.88. The number of rotatable bonds is 3. The number of nitrogens with zero attached hydrogens (tertiary/aromatic N) is 4. The van der Waals surface area contributed by atoms with Gasteiger partial charge < -0.3 is 19.3 Å². The summed E-state index contributed by atoms with van der Waals surface area (Å²) in [4.78, 5) is 27.3. The Hall–Kier alpha value is -3.36. The molecule has 0 spiro atoms. The highest BCUT2D eigenvalue weighted by molar-refractivity contribution is 7.22. The lowest BCUT2D eigenvalue weighted by Gasteiger charge is -2.35. The van der Waals surface area contributed by atoms with Crippen LogP contribution in [0.3, 0.4) is 0 Å². The molecule has 0 radical (unpaired) electrons. The predicted octanol–water partition coefficient (Wildman–Crippen LogP) is 4.70. The summed E-state index contributed by atoms with van der Waals surface area (Å²) < 4.78 is 11.8. The minimum absolute atomic E-state index is 0.00179. The summed E-state index contributed by atoms with van der Waals surface area (Å²) in [6, 6.07) is 15.2. The highest BCUT2D eigenvalue weighted by Crippen LogP contribution is 2.37. The van der Waals surface area contributed by atoms with Crippen LogP contribution in [-0.4, -0.2) is 53.7 Å². The van der Waals surface area contributed by atoms with Crippen molar-refractivity contribution in [1.29, 1.82) is 0 Å². The van der Waals surface area contributed by atoms with Crippen LogP contribution in [0.25, 0.3) is 20.7 Å². The smallest absolute Gasteiger partial charge is 0.254 e. The van der Waals surface area contributed by atoms with Gasteiger partial charge in [-0.1, -0.05) is 23.7 Å². The van der Waals surface area contributed by atoms with Gasteiger partial charge in [-0.25, -0.2) is 9.97 Å². The molecule has 0 bridgehead atoms. The summed E-state index contributed by atoms with van der Waals surface area (Å²) in [5.41, 5.74) is 2.64. The van der Waals surface area contributed by atoms with Crippen molar-refractivity contribution in [3.8, 4) is 21.9 Å². The Morgan fingerprint density at radius 2 is 1.73 bits per heavy atom. The van der Waals surface area contributed by atoms with Crippen molar-refractivity contribution in [1.82, 2.24) is 14.9 Å². The second-order valence-corrected chi connectivity index (χ2v) is 9.37. The zero-order valence-electron chi connectivity index (χ0n) is 17.5. The van der Waals surface area contributed by atoms with Crippen molar-refractivity contribution in [2.24, 2.45) is 0 Å². The van der Waals surface area contributed by atoms with Crippen LogP contribution in [0.4, 0.5) is 5.82 Å². The molecule has 0 aliphatic carbocycles. The fraction of sp³-hybridized carbons (Fsp3) is 0.208. The number of aromatic nitrogens is 2. The average Bonchev–Trinajstić information content (AvgIpc) is 3.50. The second kappa shape index (κ2) is 8.20. The lowest BCUT2D eigenvalue weighted by Crippen LogP contribution is -2.49. The molecule has 4 heterocycles. The summed E-state index contributed by atoms with van der Waals surface area (Å²) in [6.07, 6.45) is 1.61. The molecule has 7 nitrogen and oxygen atoms in total. The number of benzene rings is 2. The molecular weight excluding hydrogens is 460 g/mol. The first-order chi connectivity index (χ1) is 16.2. The van der Waals surface area contributed by atoms with Gasteiger partial charge in [0.05, 0.1) is 10.2 Å². The van der Waals surface area contributed by atoms with E-state index < -0.39 is 0 Å². The van der Waals surface area contributed by atoms with E-state index in [1.165, 1.54) is 0 Å². The number of halogens is 1. The standard InChI is InChI=1S/C24H19ClN4O3S/c25-17-4-1-15(2-5-17)21-12-18-22(33-21)23(27-13-26-18)28-7-9-29(10-8-28)24(30)16-3-6-19-20(11-16)32-14-31-19/h1-6,11-13H,7-10,14H2. The van der Waals surface area contributed by atoms with Gasteiger partial charge in [-0.15, -0.1) is 11.3 Å². The largest absolute Gasteiger partial charge is 0.454 e. The summed E-state index contributed by atoms with van der Waals surface area (Å²) in [6.45, 7) is 2.84. The maximum Gasteiger partial charge on any atom is 0.254 e. The Morgan fingerprint density at radius 3 is 2.55 bits per heavy atom. The molecule has 2 aromatic heterocycles. The summed E-state index contributed by atoms with van der Waals surface area (Å²) in [5.74, 6) is 2.22. The average molecular weight is 479 g/mol. The normalized spacial score (nSPS) is 15.3. The topological polar surface area (TPSA) is 67.8 Å². The Kier molecular flexibility index (Phi) is 5.04. The summed E-state index contributed by atoms with van der Waals surface area (Å²) in [5, 5.41) is 0.716. The first-order valence-electron chi connectivity index (χ1n) is 10.6. The number of thiophene rings is 1. The van der Waals surface area contributed by atoms with E-state index in [2.05, 4.69) is 20.9 Å². The third kappa shape index (κ3) is 3.75. The number of amides is 1. The van der Waals surface area contributed by atoms with Gasteiger partial charge in [-0.2, -0.15) is 0 Å². The fourth-order valence-corrected chi connectivity index (χ4v) is 5.42. The van der Waals surface area contributed by atoms with Crippen LogP contribution in [-0.2, 0) is 0 Å². The lowest BCUT2D eigenvalue weighted by atomic mass is 10.1. The molecule has 1 fully saturated rings. The molecule has 0 unspecified atom stereocenters. The van der Waals surface area contributed by atoms with Crippen LogP contribution in [0.2, 0.25) is 5.02 Å². The molecule has 2 aliphatic heterocycles. The highest BCUT2D eigenvalue weighted by atomic mass is 35.5. The summed E-state index contributed by atoms with van der Waals surface area (Å²) >= 11 is 7.71. The number of carbonyl (C=O) groups is 1. The van der Waals surface area contributed by atoms with Gasteiger partial charge >= 0.3 is 0 Å². The number of anilines is 1. The van der Waals surface area contributed by atoms with Crippen LogP contribution >= 0.6 is 22.9 Å². The minimum Gasteiger partial charge on any atom is -0.454 e. The number of carbonyl (C=O) groups excluding carboxylic acids is 1. The van der Waals surface area contributed by atoms with Gasteiger partial charge in [0.25, 0.3) is 5.91 Å². The predicted molar refractivity (Wildman–Crippen MR) is 129 cm³/mol. The van der Waals surface area contributed by atoms with E-state index >= 15 is 0 Å². The van der Waals surface area contributed by atoms with Gasteiger partial charge in [-0.3, -0.25) is 4.79 Å². The van der Waals surface area contributed by atoms with E-state index in [1.54, 1.807) is 35.9 Å². The first-order valence-corrected chi connectivity index (χ1v) is 11.8. The van der Waals surface area contributed by atoms with E-state index in [9.17, 15) is 4.79 Å². The molecule has 0 N–H and O–H groups in total. The Bertz CT molecular complexity index is 1350.